The molecule has 0 bridgehead atoms. The van der Waals surface area contributed by atoms with E-state index in [0.717, 1.165) is 12.1 Å². The molecular formula is C32H23Cl2FN4O6. The molecule has 3 aliphatic rings. The lowest BCUT2D eigenvalue weighted by Gasteiger charge is -2.51. The lowest BCUT2D eigenvalue weighted by molar-refractivity contribution is -0.387. The van der Waals surface area contributed by atoms with Crippen LogP contribution in [0.25, 0.3) is 0 Å². The predicted molar refractivity (Wildman–Crippen MR) is 163 cm³/mol. The van der Waals surface area contributed by atoms with Crippen LogP contribution in [0.3, 0.4) is 0 Å². The van der Waals surface area contributed by atoms with Gasteiger partial charge < -0.3 is 9.26 Å². The molecule has 2 aliphatic heterocycles. The number of carbonyl (C=O) groups excluding carboxylic acids is 2. The van der Waals surface area contributed by atoms with E-state index in [0.29, 0.717) is 22.0 Å². The van der Waals surface area contributed by atoms with Crippen LogP contribution in [-0.4, -0.2) is 33.6 Å². The quantitative estimate of drug-likeness (QED) is 0.168. The van der Waals surface area contributed by atoms with Crippen LogP contribution in [-0.2, 0) is 4.79 Å². The number of para-hydroxylation sites is 1. The Balaban J connectivity index is 1.54. The van der Waals surface area contributed by atoms with Gasteiger partial charge in [-0.25, -0.2) is 4.39 Å². The summed E-state index contributed by atoms with van der Waals surface area (Å²) in [5.41, 5.74) is -0.705. The van der Waals surface area contributed by atoms with Gasteiger partial charge in [0.25, 0.3) is 5.91 Å². The molecule has 3 aromatic carbocycles. The first-order valence-corrected chi connectivity index (χ1v) is 14.8. The molecule has 45 heavy (non-hydrogen) atoms. The van der Waals surface area contributed by atoms with Crippen LogP contribution in [0.5, 0.6) is 5.75 Å². The third kappa shape index (κ3) is 4.28. The number of hydrogen-bond acceptors (Lipinski definition) is 8. The Hall–Kier alpha value is -4.61. The predicted octanol–water partition coefficient (Wildman–Crippen LogP) is 7.28. The van der Waals surface area contributed by atoms with Gasteiger partial charge in [-0.2, -0.15) is 10.1 Å². The van der Waals surface area contributed by atoms with Crippen molar-refractivity contribution in [3.05, 3.63) is 115 Å². The molecule has 0 N–H and O–H groups in total. The van der Waals surface area contributed by atoms with Crippen molar-refractivity contribution in [3.8, 4) is 5.75 Å². The number of halogens is 3. The number of rotatable bonds is 4. The van der Waals surface area contributed by atoms with Crippen LogP contribution >= 0.6 is 23.2 Å². The highest BCUT2D eigenvalue weighted by molar-refractivity contribution is 6.35. The van der Waals surface area contributed by atoms with Crippen molar-refractivity contribution < 1.29 is 28.2 Å². The van der Waals surface area contributed by atoms with Gasteiger partial charge in [0, 0.05) is 16.0 Å². The Labute approximate surface area is 265 Å². The largest absolute Gasteiger partial charge is 0.488 e. The van der Waals surface area contributed by atoms with Crippen molar-refractivity contribution in [1.82, 2.24) is 5.16 Å². The van der Waals surface area contributed by atoms with Crippen LogP contribution in [0.4, 0.5) is 15.8 Å². The minimum Gasteiger partial charge on any atom is -0.488 e. The minimum absolute atomic E-state index is 0.00535. The number of aromatic nitrogens is 1. The SMILES string of the molecule is CC1=NN(c2ccccc2)C(=O)[C@]12C[C@@H]1C(=O)c3cc(F)ccc3O[C@H]1[C@H](c1onc(C)c1[N+](=O)[O-])[C@H]2c1ccc(Cl)cc1Cl. The number of carbonyl (C=O) groups is 2. The number of hydrazone groups is 1. The lowest BCUT2D eigenvalue weighted by Crippen LogP contribution is -2.58. The molecule has 3 heterocycles. The van der Waals surface area contributed by atoms with Gasteiger partial charge in [0.15, 0.2) is 11.5 Å². The summed E-state index contributed by atoms with van der Waals surface area (Å²) < 4.78 is 26.5. The molecule has 5 atom stereocenters. The first-order valence-electron chi connectivity index (χ1n) is 14.0. The molecule has 1 amide bonds. The molecule has 1 saturated carbocycles. The Morgan fingerprint density at radius 1 is 1.07 bits per heavy atom. The highest BCUT2D eigenvalue weighted by Crippen LogP contribution is 2.63. The number of anilines is 1. The van der Waals surface area contributed by atoms with Gasteiger partial charge in [-0.15, -0.1) is 0 Å². The van der Waals surface area contributed by atoms with E-state index in [1.807, 2.05) is 0 Å². The summed E-state index contributed by atoms with van der Waals surface area (Å²) in [7, 11) is 0. The molecule has 1 spiro atoms. The number of Topliss-reactive ketones (excluding diaryl/α,β-unsaturated/α-hetero) is 1. The molecule has 0 radical (unpaired) electrons. The second kappa shape index (κ2) is 10.5. The monoisotopic (exact) mass is 648 g/mol. The van der Waals surface area contributed by atoms with E-state index in [9.17, 15) is 24.1 Å². The van der Waals surface area contributed by atoms with Crippen LogP contribution in [0, 0.1) is 34.2 Å². The van der Waals surface area contributed by atoms with Gasteiger partial charge in [0.05, 0.1) is 39.1 Å². The van der Waals surface area contributed by atoms with Gasteiger partial charge >= 0.3 is 5.69 Å². The van der Waals surface area contributed by atoms with Gasteiger partial charge in [-0.3, -0.25) is 19.7 Å². The average molecular weight is 649 g/mol. The number of nitrogens with zero attached hydrogens (tertiary/aromatic N) is 4. The molecule has 0 saturated heterocycles. The second-order valence-corrected chi connectivity index (χ2v) is 12.3. The molecule has 0 unspecified atom stereocenters. The van der Waals surface area contributed by atoms with Crippen molar-refractivity contribution in [2.45, 2.75) is 38.2 Å². The van der Waals surface area contributed by atoms with Crippen molar-refractivity contribution in [2.75, 3.05) is 5.01 Å². The zero-order valence-corrected chi connectivity index (χ0v) is 25.3. The fraction of sp³-hybridized carbons (Fsp3) is 0.250. The number of ether oxygens (including phenoxy) is 1. The van der Waals surface area contributed by atoms with E-state index < -0.39 is 57.4 Å². The first kappa shape index (κ1) is 29.1. The summed E-state index contributed by atoms with van der Waals surface area (Å²) in [5.74, 6) is -4.86. The Kier molecular flexibility index (Phi) is 6.79. The van der Waals surface area contributed by atoms with Crippen LogP contribution in [0.1, 0.15) is 52.6 Å². The van der Waals surface area contributed by atoms with E-state index >= 15 is 0 Å². The zero-order valence-electron chi connectivity index (χ0n) is 23.7. The number of benzene rings is 3. The summed E-state index contributed by atoms with van der Waals surface area (Å²) in [6, 6.07) is 17.1. The number of aryl methyl sites for hydroxylation is 1. The van der Waals surface area contributed by atoms with Crippen LogP contribution in [0.15, 0.2) is 76.4 Å². The molecule has 1 fully saturated rings. The molecule has 1 aromatic heterocycles. The number of ketones is 1. The Morgan fingerprint density at radius 2 is 1.82 bits per heavy atom. The summed E-state index contributed by atoms with van der Waals surface area (Å²) >= 11 is 13.1. The summed E-state index contributed by atoms with van der Waals surface area (Å²) in [5, 5.41) is 22.9. The molecular weight excluding hydrogens is 626 g/mol. The fourth-order valence-electron chi connectivity index (χ4n) is 7.18. The van der Waals surface area contributed by atoms with Crippen molar-refractivity contribution in [2.24, 2.45) is 16.4 Å². The van der Waals surface area contributed by atoms with Crippen molar-refractivity contribution >= 4 is 52.0 Å². The summed E-state index contributed by atoms with van der Waals surface area (Å²) in [6.07, 6.45) is -1.19. The average Bonchev–Trinajstić information content (AvgIpc) is 3.51. The highest BCUT2D eigenvalue weighted by atomic mass is 35.5. The van der Waals surface area contributed by atoms with Crippen molar-refractivity contribution in [3.63, 3.8) is 0 Å². The highest BCUT2D eigenvalue weighted by Gasteiger charge is 2.67. The Bertz CT molecular complexity index is 1950. The maximum Gasteiger partial charge on any atom is 0.334 e. The van der Waals surface area contributed by atoms with E-state index in [-0.39, 0.29) is 34.2 Å². The zero-order chi connectivity index (χ0) is 31.8. The third-order valence-electron chi connectivity index (χ3n) is 9.10. The van der Waals surface area contributed by atoms with E-state index in [2.05, 4.69) is 5.16 Å². The first-order chi connectivity index (χ1) is 21.5. The van der Waals surface area contributed by atoms with E-state index in [1.165, 1.54) is 24.1 Å². The summed E-state index contributed by atoms with van der Waals surface area (Å²) in [4.78, 5) is 41.0. The van der Waals surface area contributed by atoms with E-state index in [4.69, 9.17) is 37.6 Å². The summed E-state index contributed by atoms with van der Waals surface area (Å²) in [6.45, 7) is 3.11. The minimum atomic E-state index is -1.57. The maximum atomic E-state index is 14.9. The van der Waals surface area contributed by atoms with E-state index in [1.54, 1.807) is 49.4 Å². The smallest absolute Gasteiger partial charge is 0.334 e. The molecule has 10 nitrogen and oxygen atoms in total. The van der Waals surface area contributed by atoms with Gasteiger partial charge in [0.1, 0.15) is 17.7 Å². The van der Waals surface area contributed by atoms with Crippen LogP contribution in [0.2, 0.25) is 10.0 Å². The normalized spacial score (nSPS) is 25.5. The lowest BCUT2D eigenvalue weighted by atomic mass is 9.52. The van der Waals surface area contributed by atoms with Gasteiger partial charge in [-0.05, 0) is 68.3 Å². The molecule has 4 aromatic rings. The maximum absolute atomic E-state index is 14.9. The standard InChI is InChI=1S/C32H23Cl2FN4O6/c1-15-27(39(42)43)30(45-37-15)25-26(20-10-8-17(33)12-23(20)34)32(16(2)36-38(31(32)41)19-6-4-3-5-7-19)14-22-28(40)21-13-18(35)9-11-24(21)44-29(22)25/h3-13,22,25-26,29H,14H2,1-2H3/t22-,25-,26-,29-,32-/m1/s1. The Morgan fingerprint density at radius 3 is 2.53 bits per heavy atom. The third-order valence-corrected chi connectivity index (χ3v) is 9.66. The van der Waals surface area contributed by atoms with Gasteiger partial charge in [-0.1, -0.05) is 52.6 Å². The van der Waals surface area contributed by atoms with Crippen molar-refractivity contribution in [1.29, 1.82) is 0 Å². The number of amides is 1. The molecule has 7 rings (SSSR count). The van der Waals surface area contributed by atoms with Crippen LogP contribution < -0.4 is 9.75 Å². The van der Waals surface area contributed by atoms with Gasteiger partial charge in [0.2, 0.25) is 5.76 Å². The number of fused-ring (bicyclic) bond motifs is 2. The molecule has 1 aliphatic carbocycles. The molecule has 228 valence electrons. The second-order valence-electron chi connectivity index (χ2n) is 11.4. The number of hydrogen-bond donors (Lipinski definition) is 0. The topological polar surface area (TPSA) is 128 Å². The molecule has 13 heteroatoms. The number of nitro groups is 1. The fourth-order valence-corrected chi connectivity index (χ4v) is 7.71.